The van der Waals surface area contributed by atoms with E-state index in [0.29, 0.717) is 11.1 Å². The van der Waals surface area contributed by atoms with Gasteiger partial charge in [0.2, 0.25) is 11.8 Å². The summed E-state index contributed by atoms with van der Waals surface area (Å²) >= 11 is 0. The van der Waals surface area contributed by atoms with Crippen LogP contribution in [-0.4, -0.2) is 51.9 Å². The Morgan fingerprint density at radius 2 is 1.44 bits per heavy atom. The summed E-state index contributed by atoms with van der Waals surface area (Å²) in [5, 5.41) is 29.6. The maximum absolute atomic E-state index is 13.4. The van der Waals surface area contributed by atoms with Gasteiger partial charge in [-0.3, -0.25) is 19.9 Å². The Kier molecular flexibility index (Phi) is 8.81. The van der Waals surface area contributed by atoms with Crippen LogP contribution >= 0.6 is 0 Å². The first kappa shape index (κ1) is 26.9. The van der Waals surface area contributed by atoms with Crippen molar-refractivity contribution in [2.24, 2.45) is 4.99 Å². The van der Waals surface area contributed by atoms with E-state index >= 15 is 0 Å². The first-order valence-electron chi connectivity index (χ1n) is 11.2. The average Bonchev–Trinajstić information content (AvgIpc) is 2.69. The number of phenols is 2. The number of benzene rings is 2. The molecule has 2 rings (SSSR count). The maximum Gasteiger partial charge on any atom is 0.247 e. The standard InChI is InChI=1S/C26H36N4O4/c1-25(2,3)29-21(33)16-28-22(18-12-8-10-14-20(18)32)23(24(34)30-26(4,5)6)27-15-17-11-7-9-13-19(17)31/h7-15,22-23,28,31-32H,16H2,1-6H3,(H,29,33)(H,30,34)/t22-,23+/m1/s1. The number of amides is 2. The molecule has 184 valence electrons. The van der Waals surface area contributed by atoms with E-state index in [1.165, 1.54) is 18.3 Å². The Hall–Kier alpha value is -3.39. The van der Waals surface area contributed by atoms with Crippen LogP contribution in [0, 0.1) is 0 Å². The number of carbonyl (C=O) groups excluding carboxylic acids is 2. The zero-order chi connectivity index (χ0) is 25.5. The summed E-state index contributed by atoms with van der Waals surface area (Å²) in [6.07, 6.45) is 1.42. The fourth-order valence-corrected chi connectivity index (χ4v) is 3.31. The van der Waals surface area contributed by atoms with Crippen molar-refractivity contribution in [2.45, 2.75) is 64.7 Å². The highest BCUT2D eigenvalue weighted by atomic mass is 16.3. The Bertz CT molecular complexity index is 1020. The predicted octanol–water partition coefficient (Wildman–Crippen LogP) is 3.05. The molecule has 0 fully saturated rings. The molecule has 2 aromatic rings. The highest BCUT2D eigenvalue weighted by molar-refractivity contribution is 5.89. The molecule has 2 amide bonds. The van der Waals surface area contributed by atoms with Crippen molar-refractivity contribution in [3.8, 4) is 11.5 Å². The molecular weight excluding hydrogens is 432 g/mol. The van der Waals surface area contributed by atoms with Crippen LogP contribution in [0.4, 0.5) is 0 Å². The number of carbonyl (C=O) groups is 2. The molecule has 0 aliphatic carbocycles. The zero-order valence-electron chi connectivity index (χ0n) is 20.7. The van der Waals surface area contributed by atoms with Crippen LogP contribution in [-0.2, 0) is 9.59 Å². The van der Waals surface area contributed by atoms with Crippen LogP contribution in [0.25, 0.3) is 0 Å². The monoisotopic (exact) mass is 468 g/mol. The molecular formula is C26H36N4O4. The lowest BCUT2D eigenvalue weighted by atomic mass is 9.96. The number of nitrogens with one attached hydrogen (secondary N) is 3. The minimum atomic E-state index is -1.05. The lowest BCUT2D eigenvalue weighted by Crippen LogP contribution is -2.51. The van der Waals surface area contributed by atoms with Crippen LogP contribution in [0.15, 0.2) is 53.5 Å². The second-order valence-corrected chi connectivity index (χ2v) is 10.2. The summed E-state index contributed by atoms with van der Waals surface area (Å²) in [5.74, 6) is -0.649. The largest absolute Gasteiger partial charge is 0.508 e. The topological polar surface area (TPSA) is 123 Å². The molecule has 0 spiro atoms. The summed E-state index contributed by atoms with van der Waals surface area (Å²) in [5.41, 5.74) is -0.0889. The Morgan fingerprint density at radius 3 is 2.00 bits per heavy atom. The van der Waals surface area contributed by atoms with Crippen molar-refractivity contribution in [2.75, 3.05) is 6.54 Å². The third-order valence-corrected chi connectivity index (χ3v) is 4.66. The molecule has 0 saturated heterocycles. The molecule has 2 aromatic carbocycles. The molecule has 34 heavy (non-hydrogen) atoms. The van der Waals surface area contributed by atoms with Crippen molar-refractivity contribution >= 4 is 18.0 Å². The van der Waals surface area contributed by atoms with Gasteiger partial charge in [0.25, 0.3) is 0 Å². The molecule has 0 aromatic heterocycles. The fraction of sp³-hybridized carbons (Fsp3) is 0.423. The van der Waals surface area contributed by atoms with Crippen molar-refractivity contribution in [1.29, 1.82) is 0 Å². The third kappa shape index (κ3) is 8.51. The van der Waals surface area contributed by atoms with Gasteiger partial charge < -0.3 is 20.8 Å². The second kappa shape index (κ2) is 11.2. The zero-order valence-corrected chi connectivity index (χ0v) is 20.7. The van der Waals surface area contributed by atoms with E-state index in [9.17, 15) is 19.8 Å². The van der Waals surface area contributed by atoms with Crippen LogP contribution in [0.5, 0.6) is 11.5 Å². The number of nitrogens with zero attached hydrogens (tertiary/aromatic N) is 1. The van der Waals surface area contributed by atoms with E-state index in [1.54, 1.807) is 36.4 Å². The first-order chi connectivity index (χ1) is 15.8. The van der Waals surface area contributed by atoms with Gasteiger partial charge in [-0.25, -0.2) is 0 Å². The molecule has 5 N–H and O–H groups in total. The van der Waals surface area contributed by atoms with E-state index in [4.69, 9.17) is 0 Å². The van der Waals surface area contributed by atoms with Gasteiger partial charge in [-0.05, 0) is 59.7 Å². The lowest BCUT2D eigenvalue weighted by molar-refractivity contribution is -0.125. The van der Waals surface area contributed by atoms with E-state index in [-0.39, 0.29) is 24.0 Å². The van der Waals surface area contributed by atoms with Gasteiger partial charge in [-0.15, -0.1) is 0 Å². The van der Waals surface area contributed by atoms with E-state index < -0.39 is 29.1 Å². The number of para-hydroxylation sites is 2. The molecule has 0 saturated carbocycles. The summed E-state index contributed by atoms with van der Waals surface area (Å²) in [4.78, 5) is 30.4. The molecule has 2 atom stereocenters. The third-order valence-electron chi connectivity index (χ3n) is 4.66. The van der Waals surface area contributed by atoms with Crippen molar-refractivity contribution in [3.05, 3.63) is 59.7 Å². The second-order valence-electron chi connectivity index (χ2n) is 10.2. The number of aliphatic imine (C=N–C) groups is 1. The SMILES string of the molecule is CC(C)(C)NC(=O)CN[C@H](c1ccccc1O)[C@H](N=Cc1ccccc1O)C(=O)NC(C)(C)C. The van der Waals surface area contributed by atoms with E-state index in [0.717, 1.165) is 0 Å². The normalized spacial score (nSPS) is 13.9. The van der Waals surface area contributed by atoms with Crippen LogP contribution in [0.1, 0.15) is 58.7 Å². The molecule has 0 aliphatic heterocycles. The number of hydrogen-bond acceptors (Lipinski definition) is 6. The van der Waals surface area contributed by atoms with E-state index in [2.05, 4.69) is 20.9 Å². The minimum Gasteiger partial charge on any atom is -0.508 e. The molecule has 0 aliphatic rings. The number of rotatable bonds is 8. The first-order valence-corrected chi connectivity index (χ1v) is 11.2. The predicted molar refractivity (Wildman–Crippen MR) is 134 cm³/mol. The Morgan fingerprint density at radius 1 is 0.882 bits per heavy atom. The molecule has 0 radical (unpaired) electrons. The van der Waals surface area contributed by atoms with Gasteiger partial charge in [-0.2, -0.15) is 0 Å². The lowest BCUT2D eigenvalue weighted by Gasteiger charge is -2.29. The Balaban J connectivity index is 2.48. The molecule has 0 bridgehead atoms. The van der Waals surface area contributed by atoms with Crippen molar-refractivity contribution in [1.82, 2.24) is 16.0 Å². The summed E-state index contributed by atoms with van der Waals surface area (Å²) in [7, 11) is 0. The Labute approximate surface area is 201 Å². The number of hydrogen-bond donors (Lipinski definition) is 5. The molecule has 0 unspecified atom stereocenters. The van der Waals surface area contributed by atoms with Crippen LogP contribution < -0.4 is 16.0 Å². The van der Waals surface area contributed by atoms with Crippen molar-refractivity contribution in [3.63, 3.8) is 0 Å². The fourth-order valence-electron chi connectivity index (χ4n) is 3.31. The minimum absolute atomic E-state index is 0.0254. The van der Waals surface area contributed by atoms with Crippen LogP contribution in [0.3, 0.4) is 0 Å². The van der Waals surface area contributed by atoms with Gasteiger partial charge in [0, 0.05) is 28.4 Å². The average molecular weight is 469 g/mol. The highest BCUT2D eigenvalue weighted by Gasteiger charge is 2.33. The summed E-state index contributed by atoms with van der Waals surface area (Å²) < 4.78 is 0. The quantitative estimate of drug-likeness (QED) is 0.381. The maximum atomic E-state index is 13.4. The summed E-state index contributed by atoms with van der Waals surface area (Å²) in [6, 6.07) is 11.4. The van der Waals surface area contributed by atoms with Gasteiger partial charge in [-0.1, -0.05) is 30.3 Å². The van der Waals surface area contributed by atoms with Crippen molar-refractivity contribution < 1.29 is 19.8 Å². The van der Waals surface area contributed by atoms with Crippen LogP contribution in [0.2, 0.25) is 0 Å². The number of aromatic hydroxyl groups is 2. The summed E-state index contributed by atoms with van der Waals surface area (Å²) in [6.45, 7) is 11.1. The van der Waals surface area contributed by atoms with Gasteiger partial charge >= 0.3 is 0 Å². The van der Waals surface area contributed by atoms with E-state index in [1.807, 2.05) is 41.5 Å². The number of phenolic OH excluding ortho intramolecular Hbond substituents is 2. The smallest absolute Gasteiger partial charge is 0.247 e. The highest BCUT2D eigenvalue weighted by Crippen LogP contribution is 2.28. The molecule has 8 heteroatoms. The van der Waals surface area contributed by atoms with Gasteiger partial charge in [0.05, 0.1) is 12.6 Å². The molecule has 0 heterocycles. The van der Waals surface area contributed by atoms with Gasteiger partial charge in [0.15, 0.2) is 0 Å². The van der Waals surface area contributed by atoms with Gasteiger partial charge in [0.1, 0.15) is 17.5 Å². The molecule has 8 nitrogen and oxygen atoms in total.